The molecule has 7 nitrogen and oxygen atoms in total. The first-order valence-electron chi connectivity index (χ1n) is 5.59. The second-order valence-electron chi connectivity index (χ2n) is 4.70. The molecule has 0 fully saturated rings. The fraction of sp³-hybridized carbons (Fsp3) is 0.545. The van der Waals surface area contributed by atoms with E-state index in [1.807, 2.05) is 0 Å². The van der Waals surface area contributed by atoms with Crippen molar-refractivity contribution in [1.82, 2.24) is 15.1 Å². The lowest BCUT2D eigenvalue weighted by Gasteiger charge is -2.25. The van der Waals surface area contributed by atoms with Crippen LogP contribution >= 0.6 is 0 Å². The van der Waals surface area contributed by atoms with Gasteiger partial charge in [0.1, 0.15) is 5.82 Å². The number of anilines is 1. The van der Waals surface area contributed by atoms with Crippen LogP contribution in [0.2, 0.25) is 0 Å². The minimum absolute atomic E-state index is 0.0129. The van der Waals surface area contributed by atoms with Crippen molar-refractivity contribution in [3.63, 3.8) is 0 Å². The molecule has 1 aromatic heterocycles. The summed E-state index contributed by atoms with van der Waals surface area (Å²) >= 11 is 0. The van der Waals surface area contributed by atoms with Crippen molar-refractivity contribution in [2.75, 3.05) is 5.32 Å². The van der Waals surface area contributed by atoms with Crippen LogP contribution in [0.5, 0.6) is 0 Å². The van der Waals surface area contributed by atoms with Crippen LogP contribution in [-0.2, 0) is 11.8 Å². The highest BCUT2D eigenvalue weighted by molar-refractivity contribution is 5.88. The lowest BCUT2D eigenvalue weighted by Crippen LogP contribution is -2.46. The van der Waals surface area contributed by atoms with Gasteiger partial charge in [-0.2, -0.15) is 5.10 Å². The van der Waals surface area contributed by atoms with Gasteiger partial charge >= 0.3 is 12.0 Å². The van der Waals surface area contributed by atoms with E-state index in [-0.39, 0.29) is 12.5 Å². The Morgan fingerprint density at radius 3 is 2.67 bits per heavy atom. The number of aliphatic carboxylic acids is 1. The number of aryl methyl sites for hydroxylation is 1. The second kappa shape index (κ2) is 5.52. The van der Waals surface area contributed by atoms with Crippen molar-refractivity contribution in [3.05, 3.63) is 12.3 Å². The third kappa shape index (κ3) is 4.44. The molecule has 0 unspecified atom stereocenters. The highest BCUT2D eigenvalue weighted by Gasteiger charge is 2.21. The third-order valence-corrected chi connectivity index (χ3v) is 2.48. The number of aromatic nitrogens is 2. The number of nitrogens with one attached hydrogen (secondary N) is 2. The summed E-state index contributed by atoms with van der Waals surface area (Å²) in [4.78, 5) is 22.2. The molecule has 0 aliphatic heterocycles. The van der Waals surface area contributed by atoms with Crippen molar-refractivity contribution in [2.24, 2.45) is 7.05 Å². The molecular weight excluding hydrogens is 236 g/mol. The van der Waals surface area contributed by atoms with Crippen LogP contribution in [0.1, 0.15) is 26.7 Å². The molecule has 0 aromatic carbocycles. The van der Waals surface area contributed by atoms with Crippen molar-refractivity contribution in [2.45, 2.75) is 32.2 Å². The Morgan fingerprint density at radius 2 is 2.17 bits per heavy atom. The summed E-state index contributed by atoms with van der Waals surface area (Å²) in [5.41, 5.74) is -0.582. The normalized spacial score (nSPS) is 11.1. The zero-order chi connectivity index (χ0) is 13.8. The molecule has 0 radical (unpaired) electrons. The zero-order valence-electron chi connectivity index (χ0n) is 10.7. The summed E-state index contributed by atoms with van der Waals surface area (Å²) in [5.74, 6) is -0.307. The molecule has 0 atom stereocenters. The number of hydrogen-bond donors (Lipinski definition) is 3. The van der Waals surface area contributed by atoms with Crippen molar-refractivity contribution in [3.8, 4) is 0 Å². The van der Waals surface area contributed by atoms with Gasteiger partial charge in [-0.1, -0.05) is 0 Å². The van der Waals surface area contributed by atoms with Crippen LogP contribution in [0.25, 0.3) is 0 Å². The van der Waals surface area contributed by atoms with Gasteiger partial charge in [0.15, 0.2) is 0 Å². The van der Waals surface area contributed by atoms with E-state index in [0.717, 1.165) is 0 Å². The average molecular weight is 254 g/mol. The molecule has 2 amide bonds. The molecule has 0 bridgehead atoms. The fourth-order valence-corrected chi connectivity index (χ4v) is 1.43. The molecule has 0 spiro atoms. The van der Waals surface area contributed by atoms with E-state index >= 15 is 0 Å². The standard InChI is InChI=1S/C11H18N4O3/c1-11(2,6-4-9(16)17)14-10(18)13-8-5-7-12-15(8)3/h5,7H,4,6H2,1-3H3,(H,16,17)(H2,13,14,18). The largest absolute Gasteiger partial charge is 0.481 e. The van der Waals surface area contributed by atoms with Crippen LogP contribution in [-0.4, -0.2) is 32.4 Å². The van der Waals surface area contributed by atoms with Crippen LogP contribution in [0.3, 0.4) is 0 Å². The molecule has 1 rings (SSSR count). The van der Waals surface area contributed by atoms with E-state index in [1.165, 1.54) is 4.68 Å². The number of nitrogens with zero attached hydrogens (tertiary/aromatic N) is 2. The van der Waals surface area contributed by atoms with Gasteiger partial charge in [-0.15, -0.1) is 0 Å². The molecule has 7 heteroatoms. The highest BCUT2D eigenvalue weighted by atomic mass is 16.4. The molecule has 0 saturated carbocycles. The molecule has 1 aromatic rings. The van der Waals surface area contributed by atoms with E-state index in [4.69, 9.17) is 5.11 Å². The Morgan fingerprint density at radius 1 is 1.50 bits per heavy atom. The quantitative estimate of drug-likeness (QED) is 0.735. The third-order valence-electron chi connectivity index (χ3n) is 2.48. The summed E-state index contributed by atoms with van der Waals surface area (Å²) in [7, 11) is 1.71. The van der Waals surface area contributed by atoms with E-state index in [2.05, 4.69) is 15.7 Å². The number of amides is 2. The van der Waals surface area contributed by atoms with E-state index < -0.39 is 11.5 Å². The summed E-state index contributed by atoms with van der Waals surface area (Å²) in [6.45, 7) is 3.55. The maximum absolute atomic E-state index is 11.7. The number of carboxylic acids is 1. The molecule has 1 heterocycles. The van der Waals surface area contributed by atoms with E-state index in [9.17, 15) is 9.59 Å². The first-order chi connectivity index (χ1) is 8.30. The molecule has 3 N–H and O–H groups in total. The number of hydrogen-bond acceptors (Lipinski definition) is 3. The highest BCUT2D eigenvalue weighted by Crippen LogP contribution is 2.12. The van der Waals surface area contributed by atoms with Gasteiger partial charge in [-0.05, 0) is 20.3 Å². The number of urea groups is 1. The van der Waals surface area contributed by atoms with Gasteiger partial charge in [0, 0.05) is 25.1 Å². The lowest BCUT2D eigenvalue weighted by molar-refractivity contribution is -0.137. The molecule has 18 heavy (non-hydrogen) atoms. The van der Waals surface area contributed by atoms with Crippen LogP contribution in [0.4, 0.5) is 10.6 Å². The van der Waals surface area contributed by atoms with Gasteiger partial charge in [-0.3, -0.25) is 14.8 Å². The monoisotopic (exact) mass is 254 g/mol. The topological polar surface area (TPSA) is 96.3 Å². The first-order valence-corrected chi connectivity index (χ1v) is 5.59. The fourth-order valence-electron chi connectivity index (χ4n) is 1.43. The summed E-state index contributed by atoms with van der Waals surface area (Å²) in [6, 6.07) is 1.29. The second-order valence-corrected chi connectivity index (χ2v) is 4.70. The summed E-state index contributed by atoms with van der Waals surface area (Å²) < 4.78 is 1.53. The smallest absolute Gasteiger partial charge is 0.320 e. The van der Waals surface area contributed by atoms with Gasteiger partial charge in [0.2, 0.25) is 0 Å². The van der Waals surface area contributed by atoms with Crippen molar-refractivity contribution < 1.29 is 14.7 Å². The molecule has 100 valence electrons. The molecule has 0 aliphatic rings. The number of carbonyl (C=O) groups is 2. The molecular formula is C11H18N4O3. The predicted molar refractivity (Wildman–Crippen MR) is 66.3 cm³/mol. The Balaban J connectivity index is 2.48. The minimum Gasteiger partial charge on any atom is -0.481 e. The predicted octanol–water partition coefficient (Wildman–Crippen LogP) is 1.18. The number of carboxylic acid groups (broad SMARTS) is 1. The van der Waals surface area contributed by atoms with Gasteiger partial charge in [-0.25, -0.2) is 4.79 Å². The Hall–Kier alpha value is -2.05. The van der Waals surface area contributed by atoms with Crippen LogP contribution in [0, 0.1) is 0 Å². The Labute approximate surface area is 105 Å². The molecule has 0 saturated heterocycles. The van der Waals surface area contributed by atoms with E-state index in [1.54, 1.807) is 33.2 Å². The van der Waals surface area contributed by atoms with Crippen molar-refractivity contribution in [1.29, 1.82) is 0 Å². The average Bonchev–Trinajstić information content (AvgIpc) is 2.61. The Kier molecular flexibility index (Phi) is 4.30. The first kappa shape index (κ1) is 14.0. The van der Waals surface area contributed by atoms with E-state index in [0.29, 0.717) is 12.2 Å². The number of carbonyl (C=O) groups excluding carboxylic acids is 1. The van der Waals surface area contributed by atoms with Crippen LogP contribution in [0.15, 0.2) is 12.3 Å². The maximum Gasteiger partial charge on any atom is 0.320 e. The summed E-state index contributed by atoms with van der Waals surface area (Å²) in [5, 5.41) is 17.9. The summed E-state index contributed by atoms with van der Waals surface area (Å²) in [6.07, 6.45) is 1.95. The maximum atomic E-state index is 11.7. The van der Waals surface area contributed by atoms with Gasteiger partial charge < -0.3 is 10.4 Å². The number of rotatable bonds is 5. The zero-order valence-corrected chi connectivity index (χ0v) is 10.7. The van der Waals surface area contributed by atoms with Crippen molar-refractivity contribution >= 4 is 17.8 Å². The minimum atomic E-state index is -0.878. The Bertz CT molecular complexity index is 439. The van der Waals surface area contributed by atoms with Gasteiger partial charge in [0.05, 0.1) is 6.20 Å². The molecule has 0 aliphatic carbocycles. The SMILES string of the molecule is Cn1nccc1NC(=O)NC(C)(C)CCC(=O)O. The van der Waals surface area contributed by atoms with Crippen LogP contribution < -0.4 is 10.6 Å². The van der Waals surface area contributed by atoms with Gasteiger partial charge in [0.25, 0.3) is 0 Å². The lowest BCUT2D eigenvalue weighted by atomic mass is 9.99.